The molecule has 10 aromatic rings. The number of benzene rings is 7. The van der Waals surface area contributed by atoms with Gasteiger partial charge in [-0.3, -0.25) is 4.57 Å². The summed E-state index contributed by atoms with van der Waals surface area (Å²) in [6.45, 7) is 4.69. The van der Waals surface area contributed by atoms with Gasteiger partial charge in [0, 0.05) is 43.7 Å². The lowest BCUT2D eigenvalue weighted by Crippen LogP contribution is -2.14. The predicted octanol–water partition coefficient (Wildman–Crippen LogP) is 11.7. The van der Waals surface area contributed by atoms with Crippen molar-refractivity contribution in [2.45, 2.75) is 19.3 Å². The van der Waals surface area contributed by atoms with Gasteiger partial charge in [-0.25, -0.2) is 4.98 Å². The Labute approximate surface area is 306 Å². The summed E-state index contributed by atoms with van der Waals surface area (Å²) in [5.74, 6) is 1.86. The Morgan fingerprint density at radius 1 is 0.415 bits per heavy atom. The topological polar surface area (TPSA) is 48.5 Å². The summed E-state index contributed by atoms with van der Waals surface area (Å²) in [6.07, 6.45) is 0. The van der Waals surface area contributed by atoms with Crippen LogP contribution in [0.25, 0.3) is 89.2 Å². The molecule has 5 nitrogen and oxygen atoms in total. The zero-order chi connectivity index (χ0) is 35.3. The lowest BCUT2D eigenvalue weighted by atomic mass is 9.82. The van der Waals surface area contributed by atoms with Gasteiger partial charge in [0.2, 0.25) is 5.95 Å². The van der Waals surface area contributed by atoms with Crippen LogP contribution in [0.15, 0.2) is 164 Å². The fourth-order valence-corrected chi connectivity index (χ4v) is 8.72. The first-order valence-corrected chi connectivity index (χ1v) is 18.1. The van der Waals surface area contributed by atoms with Gasteiger partial charge in [-0.2, -0.15) is 9.97 Å². The molecule has 0 radical (unpaired) electrons. The molecule has 1 aliphatic carbocycles. The van der Waals surface area contributed by atoms with E-state index in [1.165, 1.54) is 44.2 Å². The van der Waals surface area contributed by atoms with Crippen LogP contribution in [-0.4, -0.2) is 24.1 Å². The summed E-state index contributed by atoms with van der Waals surface area (Å²) >= 11 is 0. The zero-order valence-corrected chi connectivity index (χ0v) is 29.3. The normalized spacial score (nSPS) is 13.2. The SMILES string of the molecule is CC1(C)c2ccccc2-c2c(-n3c4ccccc4c4cc5c6ccccc6n(-c6nc(-c7ccccc7)nc(-c7ccccc7)n6)c5cc43)cccc21. The molecule has 5 heteroatoms. The van der Waals surface area contributed by atoms with Gasteiger partial charge in [-0.05, 0) is 47.0 Å². The molecule has 0 bridgehead atoms. The van der Waals surface area contributed by atoms with E-state index in [2.05, 4.69) is 150 Å². The van der Waals surface area contributed by atoms with Crippen molar-refractivity contribution in [1.82, 2.24) is 24.1 Å². The molecule has 53 heavy (non-hydrogen) atoms. The van der Waals surface area contributed by atoms with Crippen molar-refractivity contribution >= 4 is 43.6 Å². The molecule has 0 N–H and O–H groups in total. The first-order valence-electron chi connectivity index (χ1n) is 18.1. The highest BCUT2D eigenvalue weighted by atomic mass is 15.2. The van der Waals surface area contributed by atoms with Crippen LogP contribution in [0.1, 0.15) is 25.0 Å². The van der Waals surface area contributed by atoms with Crippen molar-refractivity contribution in [3.8, 4) is 45.5 Å². The Bertz CT molecular complexity index is 3020. The third kappa shape index (κ3) is 4.28. The molecule has 0 amide bonds. The second-order valence-corrected chi connectivity index (χ2v) is 14.5. The van der Waals surface area contributed by atoms with Crippen molar-refractivity contribution in [2.75, 3.05) is 0 Å². The van der Waals surface area contributed by atoms with Gasteiger partial charge in [0.1, 0.15) is 0 Å². The minimum Gasteiger partial charge on any atom is -0.309 e. The summed E-state index contributed by atoms with van der Waals surface area (Å²) in [7, 11) is 0. The number of para-hydroxylation sites is 2. The Morgan fingerprint density at radius 3 is 1.60 bits per heavy atom. The van der Waals surface area contributed by atoms with Gasteiger partial charge in [-0.15, -0.1) is 0 Å². The van der Waals surface area contributed by atoms with Crippen LogP contribution in [0, 0.1) is 0 Å². The monoisotopic (exact) mass is 679 g/mol. The highest BCUT2D eigenvalue weighted by Gasteiger charge is 2.37. The number of hydrogen-bond donors (Lipinski definition) is 0. The number of hydrogen-bond acceptors (Lipinski definition) is 3. The first-order chi connectivity index (χ1) is 26.1. The largest absolute Gasteiger partial charge is 0.309 e. The Morgan fingerprint density at radius 2 is 0.943 bits per heavy atom. The highest BCUT2D eigenvalue weighted by molar-refractivity contribution is 6.19. The summed E-state index contributed by atoms with van der Waals surface area (Å²) < 4.78 is 4.70. The molecule has 11 rings (SSSR count). The van der Waals surface area contributed by atoms with E-state index in [9.17, 15) is 0 Å². The molecular formula is C48H33N5. The van der Waals surface area contributed by atoms with Gasteiger partial charge in [0.25, 0.3) is 0 Å². The maximum Gasteiger partial charge on any atom is 0.238 e. The van der Waals surface area contributed by atoms with Gasteiger partial charge in [-0.1, -0.05) is 147 Å². The van der Waals surface area contributed by atoms with Crippen LogP contribution >= 0.6 is 0 Å². The fourth-order valence-electron chi connectivity index (χ4n) is 8.72. The van der Waals surface area contributed by atoms with Gasteiger partial charge in [0.15, 0.2) is 11.6 Å². The Balaban J connectivity index is 1.26. The Hall–Kier alpha value is -6.85. The highest BCUT2D eigenvalue weighted by Crippen LogP contribution is 2.52. The van der Waals surface area contributed by atoms with E-state index >= 15 is 0 Å². The van der Waals surface area contributed by atoms with Crippen molar-refractivity contribution in [1.29, 1.82) is 0 Å². The summed E-state index contributed by atoms with van der Waals surface area (Å²) in [5, 5.41) is 4.75. The first kappa shape index (κ1) is 29.8. The maximum atomic E-state index is 5.20. The second kappa shape index (κ2) is 11.1. The quantitative estimate of drug-likeness (QED) is 0.186. The molecule has 0 saturated carbocycles. The van der Waals surface area contributed by atoms with E-state index in [4.69, 9.17) is 15.0 Å². The predicted molar refractivity (Wildman–Crippen MR) is 217 cm³/mol. The molecule has 0 fully saturated rings. The minimum atomic E-state index is -0.105. The summed E-state index contributed by atoms with van der Waals surface area (Å²) in [6, 6.07) is 58.2. The number of fused-ring (bicyclic) bond motifs is 9. The molecule has 250 valence electrons. The van der Waals surface area contributed by atoms with Crippen LogP contribution in [-0.2, 0) is 5.41 Å². The van der Waals surface area contributed by atoms with Crippen LogP contribution < -0.4 is 0 Å². The van der Waals surface area contributed by atoms with E-state index in [-0.39, 0.29) is 5.41 Å². The third-order valence-corrected chi connectivity index (χ3v) is 11.2. The number of rotatable bonds is 4. The Kier molecular flexibility index (Phi) is 6.23. The van der Waals surface area contributed by atoms with E-state index in [1.807, 2.05) is 36.4 Å². The second-order valence-electron chi connectivity index (χ2n) is 14.5. The van der Waals surface area contributed by atoms with Gasteiger partial charge in [0.05, 0.1) is 27.8 Å². The third-order valence-electron chi connectivity index (χ3n) is 11.2. The van der Waals surface area contributed by atoms with Crippen LogP contribution in [0.5, 0.6) is 0 Å². The van der Waals surface area contributed by atoms with E-state index < -0.39 is 0 Å². The minimum absolute atomic E-state index is 0.105. The van der Waals surface area contributed by atoms with Crippen LogP contribution in [0.3, 0.4) is 0 Å². The van der Waals surface area contributed by atoms with Crippen LogP contribution in [0.4, 0.5) is 0 Å². The van der Waals surface area contributed by atoms with Crippen molar-refractivity contribution in [3.05, 3.63) is 175 Å². The molecule has 3 aromatic heterocycles. The average molecular weight is 680 g/mol. The van der Waals surface area contributed by atoms with Gasteiger partial charge < -0.3 is 4.57 Å². The lowest BCUT2D eigenvalue weighted by Gasteiger charge is -2.22. The van der Waals surface area contributed by atoms with Crippen molar-refractivity contribution in [3.63, 3.8) is 0 Å². The standard InChI is InChI=1S/C48H33N5/c1-48(2)37-23-12-9-22-34(37)44-38(48)24-15-27-41(44)52-39-25-13-10-20-32(39)35-28-36-33-21-11-14-26-40(33)53(43(36)29-42(35)52)47-50-45(30-16-5-3-6-17-30)49-46(51-47)31-18-7-4-8-19-31/h3-29H,1-2H3. The average Bonchev–Trinajstić information content (AvgIpc) is 3.80. The fraction of sp³-hybridized carbons (Fsp3) is 0.0625. The molecule has 3 heterocycles. The molecule has 7 aromatic carbocycles. The molecule has 0 aliphatic heterocycles. The van der Waals surface area contributed by atoms with E-state index in [1.54, 1.807) is 0 Å². The van der Waals surface area contributed by atoms with E-state index in [0.29, 0.717) is 17.6 Å². The summed E-state index contributed by atoms with van der Waals surface area (Å²) in [4.78, 5) is 15.4. The van der Waals surface area contributed by atoms with E-state index in [0.717, 1.165) is 38.4 Å². The van der Waals surface area contributed by atoms with Crippen molar-refractivity contribution in [2.24, 2.45) is 0 Å². The smallest absolute Gasteiger partial charge is 0.238 e. The van der Waals surface area contributed by atoms with Crippen molar-refractivity contribution < 1.29 is 0 Å². The molecule has 0 atom stereocenters. The van der Waals surface area contributed by atoms with Gasteiger partial charge >= 0.3 is 0 Å². The zero-order valence-electron chi connectivity index (χ0n) is 29.3. The number of aromatic nitrogens is 5. The molecule has 0 spiro atoms. The molecular weight excluding hydrogens is 647 g/mol. The maximum absolute atomic E-state index is 5.20. The summed E-state index contributed by atoms with van der Waals surface area (Å²) in [5.41, 5.74) is 12.7. The van der Waals surface area contributed by atoms with Crippen LogP contribution in [0.2, 0.25) is 0 Å². The lowest BCUT2D eigenvalue weighted by molar-refractivity contribution is 0.660. The molecule has 1 aliphatic rings. The molecule has 0 saturated heterocycles. The molecule has 0 unspecified atom stereocenters. The number of nitrogens with zero attached hydrogens (tertiary/aromatic N) is 5.